The number of hydrogen-bond donors (Lipinski definition) is 1. The molecule has 140 valence electrons. The largest absolute Gasteiger partial charge is 0.319 e. The van der Waals surface area contributed by atoms with Crippen molar-refractivity contribution in [3.63, 3.8) is 0 Å². The molecule has 2 aromatic carbocycles. The molecule has 0 spiro atoms. The SMILES string of the molecule is Cc1c(NC(=O)c2cnn(Cc3ccccc3Cl)c2)cnn1-c1ccccc1. The highest BCUT2D eigenvalue weighted by atomic mass is 35.5. The summed E-state index contributed by atoms with van der Waals surface area (Å²) in [5, 5.41) is 12.2. The summed E-state index contributed by atoms with van der Waals surface area (Å²) in [6.45, 7) is 2.41. The lowest BCUT2D eigenvalue weighted by Gasteiger charge is -2.06. The van der Waals surface area contributed by atoms with Gasteiger partial charge in [-0.3, -0.25) is 9.48 Å². The highest BCUT2D eigenvalue weighted by Crippen LogP contribution is 2.19. The molecule has 0 saturated carbocycles. The molecule has 7 heteroatoms. The third-order valence-electron chi connectivity index (χ3n) is 4.44. The monoisotopic (exact) mass is 391 g/mol. The Morgan fingerprint density at radius 2 is 1.79 bits per heavy atom. The molecule has 1 amide bonds. The van der Waals surface area contributed by atoms with Crippen molar-refractivity contribution < 1.29 is 4.79 Å². The minimum atomic E-state index is -0.235. The molecule has 0 saturated heterocycles. The van der Waals surface area contributed by atoms with E-state index < -0.39 is 0 Å². The molecule has 4 aromatic rings. The Kier molecular flexibility index (Phi) is 4.95. The zero-order valence-electron chi connectivity index (χ0n) is 15.2. The Morgan fingerprint density at radius 1 is 1.04 bits per heavy atom. The summed E-state index contributed by atoms with van der Waals surface area (Å²) in [4.78, 5) is 12.6. The van der Waals surface area contributed by atoms with Gasteiger partial charge in [0.25, 0.3) is 5.91 Å². The Morgan fingerprint density at radius 3 is 2.57 bits per heavy atom. The Bertz CT molecular complexity index is 1120. The van der Waals surface area contributed by atoms with E-state index in [1.165, 1.54) is 0 Å². The van der Waals surface area contributed by atoms with Crippen LogP contribution >= 0.6 is 11.6 Å². The van der Waals surface area contributed by atoms with Gasteiger partial charge in [-0.25, -0.2) is 4.68 Å². The summed E-state index contributed by atoms with van der Waals surface area (Å²) in [6, 6.07) is 17.3. The smallest absolute Gasteiger partial charge is 0.258 e. The van der Waals surface area contributed by atoms with Crippen LogP contribution in [0.4, 0.5) is 5.69 Å². The van der Waals surface area contributed by atoms with Crippen molar-refractivity contribution in [3.8, 4) is 5.69 Å². The first-order valence-electron chi connectivity index (χ1n) is 8.79. The quantitative estimate of drug-likeness (QED) is 0.550. The maximum absolute atomic E-state index is 12.6. The van der Waals surface area contributed by atoms with E-state index in [2.05, 4.69) is 15.5 Å². The molecule has 1 N–H and O–H groups in total. The molecule has 28 heavy (non-hydrogen) atoms. The van der Waals surface area contributed by atoms with E-state index in [0.29, 0.717) is 22.8 Å². The molecule has 6 nitrogen and oxygen atoms in total. The molecule has 0 aliphatic heterocycles. The summed E-state index contributed by atoms with van der Waals surface area (Å²) >= 11 is 6.19. The summed E-state index contributed by atoms with van der Waals surface area (Å²) in [5.41, 5.74) is 3.86. The van der Waals surface area contributed by atoms with Crippen molar-refractivity contribution in [3.05, 3.63) is 95.0 Å². The van der Waals surface area contributed by atoms with Crippen LogP contribution in [0.5, 0.6) is 0 Å². The molecular weight excluding hydrogens is 374 g/mol. The van der Waals surface area contributed by atoms with E-state index in [9.17, 15) is 4.79 Å². The van der Waals surface area contributed by atoms with Crippen LogP contribution in [0.15, 0.2) is 73.2 Å². The van der Waals surface area contributed by atoms with E-state index in [1.807, 2.05) is 61.5 Å². The molecular formula is C21H18ClN5O. The summed E-state index contributed by atoms with van der Waals surface area (Å²) in [5.74, 6) is -0.235. The van der Waals surface area contributed by atoms with Crippen LogP contribution in [-0.4, -0.2) is 25.5 Å². The number of rotatable bonds is 5. The van der Waals surface area contributed by atoms with Crippen LogP contribution in [-0.2, 0) is 6.54 Å². The number of anilines is 1. The second-order valence-electron chi connectivity index (χ2n) is 6.36. The van der Waals surface area contributed by atoms with Crippen molar-refractivity contribution in [1.82, 2.24) is 19.6 Å². The van der Waals surface area contributed by atoms with Gasteiger partial charge in [0.05, 0.1) is 41.6 Å². The van der Waals surface area contributed by atoms with Gasteiger partial charge in [-0.05, 0) is 30.7 Å². The summed E-state index contributed by atoms with van der Waals surface area (Å²) in [6.07, 6.45) is 4.90. The number of nitrogens with zero attached hydrogens (tertiary/aromatic N) is 4. The van der Waals surface area contributed by atoms with Crippen molar-refractivity contribution in [2.24, 2.45) is 0 Å². The van der Waals surface area contributed by atoms with Crippen LogP contribution in [0.3, 0.4) is 0 Å². The van der Waals surface area contributed by atoms with Gasteiger partial charge in [0, 0.05) is 11.2 Å². The van der Waals surface area contributed by atoms with Gasteiger partial charge in [0.1, 0.15) is 0 Å². The van der Waals surface area contributed by atoms with Crippen LogP contribution in [0, 0.1) is 6.92 Å². The number of para-hydroxylation sites is 1. The van der Waals surface area contributed by atoms with Crippen molar-refractivity contribution in [2.75, 3.05) is 5.32 Å². The van der Waals surface area contributed by atoms with Gasteiger partial charge in [0.15, 0.2) is 0 Å². The number of carbonyl (C=O) groups excluding carboxylic acids is 1. The van der Waals surface area contributed by atoms with Crippen molar-refractivity contribution in [1.29, 1.82) is 0 Å². The second-order valence-corrected chi connectivity index (χ2v) is 6.77. The third kappa shape index (κ3) is 3.68. The summed E-state index contributed by atoms with van der Waals surface area (Å²) in [7, 11) is 0. The Balaban J connectivity index is 1.49. The van der Waals surface area contributed by atoms with Crippen molar-refractivity contribution in [2.45, 2.75) is 13.5 Å². The molecule has 0 aliphatic rings. The van der Waals surface area contributed by atoms with Gasteiger partial charge >= 0.3 is 0 Å². The Labute approximate surface area is 167 Å². The fourth-order valence-electron chi connectivity index (χ4n) is 2.92. The molecule has 0 unspecified atom stereocenters. The normalized spacial score (nSPS) is 10.8. The highest BCUT2D eigenvalue weighted by Gasteiger charge is 2.14. The van der Waals surface area contributed by atoms with E-state index in [0.717, 1.165) is 16.9 Å². The van der Waals surface area contributed by atoms with Crippen molar-refractivity contribution >= 4 is 23.2 Å². The van der Waals surface area contributed by atoms with Crippen LogP contribution < -0.4 is 5.32 Å². The second kappa shape index (κ2) is 7.70. The van der Waals surface area contributed by atoms with E-state index >= 15 is 0 Å². The fourth-order valence-corrected chi connectivity index (χ4v) is 3.12. The van der Waals surface area contributed by atoms with Crippen LogP contribution in [0.1, 0.15) is 21.6 Å². The standard InChI is InChI=1S/C21H18ClN5O/c1-15-20(12-24-27(15)18-8-3-2-4-9-18)25-21(28)17-11-23-26(14-17)13-16-7-5-6-10-19(16)22/h2-12,14H,13H2,1H3,(H,25,28). The highest BCUT2D eigenvalue weighted by molar-refractivity contribution is 6.31. The fraction of sp³-hybridized carbons (Fsp3) is 0.0952. The average molecular weight is 392 g/mol. The lowest BCUT2D eigenvalue weighted by atomic mass is 10.2. The van der Waals surface area contributed by atoms with E-state index in [-0.39, 0.29) is 5.91 Å². The molecule has 0 fully saturated rings. The summed E-state index contributed by atoms with van der Waals surface area (Å²) < 4.78 is 3.48. The first-order valence-corrected chi connectivity index (χ1v) is 9.17. The number of hydrogen-bond acceptors (Lipinski definition) is 3. The number of benzene rings is 2. The number of amides is 1. The molecule has 2 aromatic heterocycles. The van der Waals surface area contributed by atoms with Gasteiger partial charge < -0.3 is 5.32 Å². The Hall–Kier alpha value is -3.38. The van der Waals surface area contributed by atoms with Gasteiger partial charge in [-0.1, -0.05) is 48.0 Å². The maximum atomic E-state index is 12.6. The lowest BCUT2D eigenvalue weighted by Crippen LogP contribution is -2.12. The number of carbonyl (C=O) groups is 1. The molecule has 0 atom stereocenters. The molecule has 0 radical (unpaired) electrons. The van der Waals surface area contributed by atoms with E-state index in [4.69, 9.17) is 11.6 Å². The van der Waals surface area contributed by atoms with Crippen LogP contribution in [0.25, 0.3) is 5.69 Å². The molecule has 4 rings (SSSR count). The number of halogens is 1. The molecule has 2 heterocycles. The average Bonchev–Trinajstić information content (AvgIpc) is 3.32. The first kappa shape index (κ1) is 18.0. The van der Waals surface area contributed by atoms with Gasteiger partial charge in [-0.15, -0.1) is 0 Å². The third-order valence-corrected chi connectivity index (χ3v) is 4.81. The minimum absolute atomic E-state index is 0.235. The number of aromatic nitrogens is 4. The predicted octanol–water partition coefficient (Wildman–Crippen LogP) is 4.33. The van der Waals surface area contributed by atoms with Crippen LogP contribution in [0.2, 0.25) is 5.02 Å². The number of nitrogens with one attached hydrogen (secondary N) is 1. The predicted molar refractivity (Wildman–Crippen MR) is 109 cm³/mol. The zero-order valence-corrected chi connectivity index (χ0v) is 16.0. The molecule has 0 aliphatic carbocycles. The lowest BCUT2D eigenvalue weighted by molar-refractivity contribution is 0.102. The first-order chi connectivity index (χ1) is 13.6. The van der Waals surface area contributed by atoms with Gasteiger partial charge in [0.2, 0.25) is 0 Å². The zero-order chi connectivity index (χ0) is 19.5. The topological polar surface area (TPSA) is 64.7 Å². The maximum Gasteiger partial charge on any atom is 0.258 e. The molecule has 0 bridgehead atoms. The van der Waals surface area contributed by atoms with E-state index in [1.54, 1.807) is 28.0 Å². The van der Waals surface area contributed by atoms with Gasteiger partial charge in [-0.2, -0.15) is 10.2 Å². The minimum Gasteiger partial charge on any atom is -0.319 e.